The molecular formula is C3H5F3OP+. The summed E-state index contributed by atoms with van der Waals surface area (Å²) >= 11 is 0. The summed E-state index contributed by atoms with van der Waals surface area (Å²) in [6.45, 7) is 1.06. The van der Waals surface area contributed by atoms with Crippen LogP contribution in [0.3, 0.4) is 0 Å². The van der Waals surface area contributed by atoms with Crippen LogP contribution < -0.4 is 0 Å². The molecule has 5 heteroatoms. The van der Waals surface area contributed by atoms with Gasteiger partial charge in [0.05, 0.1) is 0 Å². The number of hydrogen-bond acceptors (Lipinski definition) is 1. The van der Waals surface area contributed by atoms with Crippen molar-refractivity contribution in [1.29, 1.82) is 0 Å². The summed E-state index contributed by atoms with van der Waals surface area (Å²) < 4.78 is 43.3. The predicted octanol–water partition coefficient (Wildman–Crippen LogP) is 2.01. The molecule has 1 atom stereocenters. The molecule has 0 rings (SSSR count). The van der Waals surface area contributed by atoms with Crippen LogP contribution in [0.5, 0.6) is 0 Å². The number of halogens is 3. The first kappa shape index (κ1) is 7.89. The second-order valence-corrected chi connectivity index (χ2v) is 2.97. The van der Waals surface area contributed by atoms with Crippen LogP contribution in [-0.4, -0.2) is 19.0 Å². The molecule has 0 fully saturated rings. The highest BCUT2D eigenvalue weighted by atomic mass is 31.1. The molecule has 0 aromatic rings. The summed E-state index contributed by atoms with van der Waals surface area (Å²) in [5.41, 5.74) is 0. The van der Waals surface area contributed by atoms with E-state index in [0.717, 1.165) is 6.66 Å². The molecule has 1 nitrogen and oxygen atoms in total. The molecule has 0 aliphatic carbocycles. The van der Waals surface area contributed by atoms with Crippen LogP contribution in [-0.2, 0) is 4.57 Å². The minimum absolute atomic E-state index is 1.06. The lowest BCUT2D eigenvalue weighted by atomic mass is 10.8. The van der Waals surface area contributed by atoms with Crippen molar-refractivity contribution in [3.05, 3.63) is 0 Å². The Bertz CT molecular complexity index is 97.2. The van der Waals surface area contributed by atoms with Crippen molar-refractivity contribution in [2.45, 2.75) is 6.18 Å². The summed E-state index contributed by atoms with van der Waals surface area (Å²) in [7, 11) is -2.06. The van der Waals surface area contributed by atoms with Crippen molar-refractivity contribution in [3.8, 4) is 0 Å². The minimum atomic E-state index is -4.26. The summed E-state index contributed by atoms with van der Waals surface area (Å²) in [4.78, 5) is 0. The van der Waals surface area contributed by atoms with Crippen molar-refractivity contribution in [1.82, 2.24) is 0 Å². The summed E-state index contributed by atoms with van der Waals surface area (Å²) in [6.07, 6.45) is -5.43. The van der Waals surface area contributed by atoms with E-state index < -0.39 is 20.1 Å². The Balaban J connectivity index is 3.55. The van der Waals surface area contributed by atoms with E-state index in [9.17, 15) is 17.7 Å². The monoisotopic (exact) mass is 145 g/mol. The van der Waals surface area contributed by atoms with Gasteiger partial charge in [0.1, 0.15) is 6.66 Å². The lowest BCUT2D eigenvalue weighted by Gasteiger charge is -1.93. The van der Waals surface area contributed by atoms with Gasteiger partial charge >= 0.3 is 14.0 Å². The normalized spacial score (nSPS) is 13.8. The summed E-state index contributed by atoms with van der Waals surface area (Å²) in [5.74, 6) is 0. The molecule has 0 aromatic heterocycles. The smallest absolute Gasteiger partial charge is 0.166 e. The van der Waals surface area contributed by atoms with E-state index in [0.29, 0.717) is 0 Å². The molecule has 0 amide bonds. The summed E-state index contributed by atoms with van der Waals surface area (Å²) in [6, 6.07) is 0. The first-order valence-corrected chi connectivity index (χ1v) is 3.76. The quantitative estimate of drug-likeness (QED) is 0.515. The Labute approximate surface area is 45.7 Å². The molecule has 0 N–H and O–H groups in total. The van der Waals surface area contributed by atoms with Crippen LogP contribution in [0.4, 0.5) is 13.2 Å². The van der Waals surface area contributed by atoms with Crippen LogP contribution in [0.2, 0.25) is 0 Å². The maximum atomic E-state index is 11.1. The molecule has 0 radical (unpaired) electrons. The van der Waals surface area contributed by atoms with E-state index in [1.54, 1.807) is 0 Å². The van der Waals surface area contributed by atoms with Crippen LogP contribution in [0, 0.1) is 0 Å². The van der Waals surface area contributed by atoms with Crippen molar-refractivity contribution >= 4 is 7.80 Å². The van der Waals surface area contributed by atoms with E-state index >= 15 is 0 Å². The second kappa shape index (κ2) is 2.44. The Kier molecular flexibility index (Phi) is 2.41. The van der Waals surface area contributed by atoms with Crippen molar-refractivity contribution in [3.63, 3.8) is 0 Å². The fourth-order valence-corrected chi connectivity index (χ4v) is 0.757. The molecule has 0 spiro atoms. The average molecular weight is 145 g/mol. The van der Waals surface area contributed by atoms with Gasteiger partial charge in [-0.2, -0.15) is 13.2 Å². The molecule has 0 aliphatic rings. The fraction of sp³-hybridized carbons (Fsp3) is 1.00. The highest BCUT2D eigenvalue weighted by Gasteiger charge is 2.36. The second-order valence-electron chi connectivity index (χ2n) is 1.40. The SMILES string of the molecule is C[P+](=O)CC(F)(F)F. The molecule has 1 unspecified atom stereocenters. The summed E-state index contributed by atoms with van der Waals surface area (Å²) in [5, 5.41) is 0. The number of alkyl halides is 3. The topological polar surface area (TPSA) is 17.1 Å². The van der Waals surface area contributed by atoms with Gasteiger partial charge in [-0.1, -0.05) is 4.57 Å². The van der Waals surface area contributed by atoms with E-state index in [2.05, 4.69) is 0 Å². The largest absolute Gasteiger partial charge is 0.432 e. The zero-order valence-electron chi connectivity index (χ0n) is 4.20. The van der Waals surface area contributed by atoms with Crippen molar-refractivity contribution in [2.75, 3.05) is 12.8 Å². The average Bonchev–Trinajstić information content (AvgIpc) is 1.21. The van der Waals surface area contributed by atoms with Crippen molar-refractivity contribution < 1.29 is 17.7 Å². The Hall–Kier alpha value is -0.110. The van der Waals surface area contributed by atoms with Crippen molar-refractivity contribution in [2.24, 2.45) is 0 Å². The van der Waals surface area contributed by atoms with Crippen LogP contribution >= 0.6 is 7.80 Å². The molecule has 0 saturated carbocycles. The van der Waals surface area contributed by atoms with E-state index in [1.807, 2.05) is 0 Å². The van der Waals surface area contributed by atoms with Crippen LogP contribution in [0.15, 0.2) is 0 Å². The first-order valence-electron chi connectivity index (χ1n) is 1.87. The van der Waals surface area contributed by atoms with Gasteiger partial charge in [0.25, 0.3) is 0 Å². The maximum absolute atomic E-state index is 11.1. The zero-order chi connectivity index (χ0) is 6.78. The van der Waals surface area contributed by atoms with Gasteiger partial charge in [0.2, 0.25) is 6.16 Å². The Morgan fingerprint density at radius 1 is 1.50 bits per heavy atom. The molecule has 0 bridgehead atoms. The standard InChI is InChI=1S/C3H5F3OP/c1-8(7)2-3(4,5)6/h2H2,1H3/q+1. The predicted molar refractivity (Wildman–Crippen MR) is 24.5 cm³/mol. The molecule has 0 saturated heterocycles. The molecule has 0 aliphatic heterocycles. The molecule has 0 aromatic carbocycles. The third-order valence-electron chi connectivity index (χ3n) is 0.402. The van der Waals surface area contributed by atoms with Gasteiger partial charge in [0.15, 0.2) is 0 Å². The highest BCUT2D eigenvalue weighted by Crippen LogP contribution is 2.27. The lowest BCUT2D eigenvalue weighted by Crippen LogP contribution is -2.09. The lowest BCUT2D eigenvalue weighted by molar-refractivity contribution is -0.106. The highest BCUT2D eigenvalue weighted by molar-refractivity contribution is 7.43. The molecule has 0 heterocycles. The van der Waals surface area contributed by atoms with Gasteiger partial charge in [-0.3, -0.25) is 0 Å². The fourth-order valence-electron chi connectivity index (χ4n) is 0.252. The number of rotatable bonds is 1. The Morgan fingerprint density at radius 3 is 1.88 bits per heavy atom. The van der Waals surface area contributed by atoms with Gasteiger partial charge in [-0.15, -0.1) is 0 Å². The van der Waals surface area contributed by atoms with Crippen LogP contribution in [0.25, 0.3) is 0 Å². The third kappa shape index (κ3) is 5.89. The maximum Gasteiger partial charge on any atom is 0.432 e. The van der Waals surface area contributed by atoms with Gasteiger partial charge < -0.3 is 0 Å². The molecular weight excluding hydrogens is 140 g/mol. The molecule has 8 heavy (non-hydrogen) atoms. The van der Waals surface area contributed by atoms with Gasteiger partial charge in [0, 0.05) is 0 Å². The van der Waals surface area contributed by atoms with E-state index in [1.165, 1.54) is 0 Å². The van der Waals surface area contributed by atoms with Gasteiger partial charge in [-0.25, -0.2) is 0 Å². The number of hydrogen-bond donors (Lipinski definition) is 0. The van der Waals surface area contributed by atoms with E-state index in [4.69, 9.17) is 0 Å². The van der Waals surface area contributed by atoms with E-state index in [-0.39, 0.29) is 0 Å². The van der Waals surface area contributed by atoms with Gasteiger partial charge in [-0.05, 0) is 0 Å². The Morgan fingerprint density at radius 2 is 1.88 bits per heavy atom. The molecule has 48 valence electrons. The zero-order valence-corrected chi connectivity index (χ0v) is 5.09. The first-order chi connectivity index (χ1) is 3.42. The minimum Gasteiger partial charge on any atom is -0.166 e. The third-order valence-corrected chi connectivity index (χ3v) is 1.21. The van der Waals surface area contributed by atoms with Crippen LogP contribution in [0.1, 0.15) is 0 Å².